The van der Waals surface area contributed by atoms with Crippen LogP contribution >= 0.6 is 23.2 Å². The Morgan fingerprint density at radius 1 is 1.00 bits per heavy atom. The third-order valence-corrected chi connectivity index (χ3v) is 5.59. The molecule has 0 amide bonds. The molecule has 1 aliphatic heterocycles. The number of halogens is 2. The number of ether oxygens (including phenoxy) is 3. The second-order valence-corrected chi connectivity index (χ2v) is 8.36. The number of esters is 2. The molecule has 2 heterocycles. The molecule has 1 saturated heterocycles. The first-order chi connectivity index (χ1) is 16.3. The van der Waals surface area contributed by atoms with E-state index in [2.05, 4.69) is 4.98 Å². The minimum Gasteiger partial charge on any atom is -0.459 e. The fourth-order valence-corrected chi connectivity index (χ4v) is 3.68. The summed E-state index contributed by atoms with van der Waals surface area (Å²) in [6.07, 6.45) is -0.912. The average Bonchev–Trinajstić information content (AvgIpc) is 3.20. The van der Waals surface area contributed by atoms with E-state index in [4.69, 9.17) is 43.1 Å². The molecule has 0 radical (unpaired) electrons. The van der Waals surface area contributed by atoms with Crippen molar-refractivity contribution in [2.45, 2.75) is 24.9 Å². The highest BCUT2D eigenvalue weighted by molar-refractivity contribution is 6.31. The first-order valence-corrected chi connectivity index (χ1v) is 10.9. The summed E-state index contributed by atoms with van der Waals surface area (Å²) in [6, 6.07) is 13.8. The van der Waals surface area contributed by atoms with Crippen LogP contribution in [0.25, 0.3) is 0 Å². The molecular weight excluding hydrogens is 485 g/mol. The summed E-state index contributed by atoms with van der Waals surface area (Å²) in [4.78, 5) is 41.1. The minimum absolute atomic E-state index is 0.0439. The predicted octanol–water partition coefficient (Wildman–Crippen LogP) is 3.50. The Morgan fingerprint density at radius 2 is 1.59 bits per heavy atom. The van der Waals surface area contributed by atoms with E-state index >= 15 is 0 Å². The predicted molar refractivity (Wildman–Crippen MR) is 124 cm³/mol. The van der Waals surface area contributed by atoms with Gasteiger partial charge in [0.2, 0.25) is 0 Å². The lowest BCUT2D eigenvalue weighted by Crippen LogP contribution is -2.34. The van der Waals surface area contributed by atoms with Crippen LogP contribution in [0.1, 0.15) is 33.4 Å². The topological polar surface area (TPSA) is 123 Å². The highest BCUT2D eigenvalue weighted by Crippen LogP contribution is 2.31. The molecule has 3 aromatic rings. The zero-order chi connectivity index (χ0) is 24.2. The third kappa shape index (κ3) is 5.56. The summed E-state index contributed by atoms with van der Waals surface area (Å²) < 4.78 is 18.1. The smallest absolute Gasteiger partial charge is 0.351 e. The van der Waals surface area contributed by atoms with Crippen LogP contribution in [0.4, 0.5) is 5.82 Å². The van der Waals surface area contributed by atoms with Gasteiger partial charge in [0, 0.05) is 22.7 Å². The Hall–Kier alpha value is -3.40. The molecule has 0 saturated carbocycles. The summed E-state index contributed by atoms with van der Waals surface area (Å²) in [5.41, 5.74) is 5.51. The molecule has 1 aromatic heterocycles. The summed E-state index contributed by atoms with van der Waals surface area (Å²) in [6.45, 7) is -0.121. The van der Waals surface area contributed by atoms with Crippen LogP contribution in [-0.4, -0.2) is 40.3 Å². The number of benzene rings is 2. The summed E-state index contributed by atoms with van der Waals surface area (Å²) in [5, 5.41) is 0.965. The molecular formula is C23H19Cl2N3O6. The van der Waals surface area contributed by atoms with Crippen LogP contribution in [0.3, 0.4) is 0 Å². The van der Waals surface area contributed by atoms with Gasteiger partial charge in [0.25, 0.3) is 0 Å². The molecule has 0 bridgehead atoms. The fraction of sp³-hybridized carbons (Fsp3) is 0.217. The lowest BCUT2D eigenvalue weighted by atomic mass is 10.2. The van der Waals surface area contributed by atoms with Crippen LogP contribution in [0.2, 0.25) is 10.0 Å². The van der Waals surface area contributed by atoms with Crippen LogP contribution in [0, 0.1) is 0 Å². The van der Waals surface area contributed by atoms with Gasteiger partial charge in [-0.2, -0.15) is 4.98 Å². The van der Waals surface area contributed by atoms with Crippen molar-refractivity contribution in [2.75, 3.05) is 12.3 Å². The van der Waals surface area contributed by atoms with Gasteiger partial charge >= 0.3 is 17.6 Å². The summed E-state index contributed by atoms with van der Waals surface area (Å²) in [7, 11) is 0. The zero-order valence-electron chi connectivity index (χ0n) is 17.6. The van der Waals surface area contributed by atoms with E-state index in [1.54, 1.807) is 36.4 Å². The van der Waals surface area contributed by atoms with E-state index in [0.29, 0.717) is 15.6 Å². The summed E-state index contributed by atoms with van der Waals surface area (Å²) >= 11 is 11.7. The van der Waals surface area contributed by atoms with Crippen molar-refractivity contribution >= 4 is 41.0 Å². The number of carbonyl (C=O) groups is 2. The van der Waals surface area contributed by atoms with Crippen molar-refractivity contribution < 1.29 is 23.8 Å². The second-order valence-electron chi connectivity index (χ2n) is 7.48. The Labute approximate surface area is 204 Å². The highest BCUT2D eigenvalue weighted by Gasteiger charge is 2.40. The molecule has 1 fully saturated rings. The fourth-order valence-electron chi connectivity index (χ4n) is 3.42. The largest absolute Gasteiger partial charge is 0.459 e. The second kappa shape index (κ2) is 10.3. The maximum Gasteiger partial charge on any atom is 0.351 e. The number of anilines is 1. The average molecular weight is 504 g/mol. The number of hydrogen-bond donors (Lipinski definition) is 1. The summed E-state index contributed by atoms with van der Waals surface area (Å²) in [5.74, 6) is -1.14. The first-order valence-electron chi connectivity index (χ1n) is 10.2. The normalized spacial score (nSPS) is 19.5. The van der Waals surface area contributed by atoms with Gasteiger partial charge in [-0.3, -0.25) is 4.57 Å². The Balaban J connectivity index is 1.49. The number of hydrogen-bond acceptors (Lipinski definition) is 8. The quantitative estimate of drug-likeness (QED) is 0.506. The van der Waals surface area contributed by atoms with E-state index in [0.717, 1.165) is 0 Å². The van der Waals surface area contributed by atoms with Gasteiger partial charge in [-0.15, -0.1) is 0 Å². The lowest BCUT2D eigenvalue weighted by Gasteiger charge is -2.20. The van der Waals surface area contributed by atoms with E-state index < -0.39 is 36.1 Å². The van der Waals surface area contributed by atoms with Gasteiger partial charge in [0.15, 0.2) is 6.23 Å². The van der Waals surface area contributed by atoms with Crippen LogP contribution in [0.5, 0.6) is 0 Å². The number of nitrogens with two attached hydrogens (primary N) is 1. The molecule has 0 unspecified atom stereocenters. The number of aromatic nitrogens is 2. The number of nitrogens with zero attached hydrogens (tertiary/aromatic N) is 2. The molecule has 176 valence electrons. The molecule has 11 heteroatoms. The maximum atomic E-state index is 12.7. The maximum absolute atomic E-state index is 12.7. The van der Waals surface area contributed by atoms with Gasteiger partial charge in [-0.05, 0) is 54.6 Å². The van der Waals surface area contributed by atoms with E-state index in [1.807, 2.05) is 0 Å². The van der Waals surface area contributed by atoms with Gasteiger partial charge in [0.05, 0.1) is 17.2 Å². The van der Waals surface area contributed by atoms with Gasteiger partial charge < -0.3 is 19.9 Å². The zero-order valence-corrected chi connectivity index (χ0v) is 19.1. The molecule has 2 aromatic carbocycles. The number of rotatable bonds is 6. The van der Waals surface area contributed by atoms with Crippen molar-refractivity contribution in [2.24, 2.45) is 0 Å². The number of carbonyl (C=O) groups excluding carboxylic acids is 2. The molecule has 34 heavy (non-hydrogen) atoms. The van der Waals surface area contributed by atoms with Crippen molar-refractivity contribution in [3.8, 4) is 0 Å². The van der Waals surface area contributed by atoms with E-state index in [9.17, 15) is 14.4 Å². The SMILES string of the molecule is Nc1ccn([C@@H]2O[C@H](COC(=O)c3ccc(Cl)cc3)C[C@H]2OC(=O)c2ccc(Cl)cc2)c(=O)n1. The number of nitrogen functional groups attached to an aromatic ring is 1. The van der Waals surface area contributed by atoms with Crippen LogP contribution in [0.15, 0.2) is 65.6 Å². The van der Waals surface area contributed by atoms with E-state index in [-0.39, 0.29) is 24.4 Å². The lowest BCUT2D eigenvalue weighted by molar-refractivity contribution is -0.0630. The Morgan fingerprint density at radius 3 is 2.18 bits per heavy atom. The Bertz CT molecular complexity index is 1250. The molecule has 9 nitrogen and oxygen atoms in total. The molecule has 3 atom stereocenters. The van der Waals surface area contributed by atoms with Gasteiger partial charge in [-0.25, -0.2) is 14.4 Å². The van der Waals surface area contributed by atoms with Crippen LogP contribution < -0.4 is 11.4 Å². The molecule has 2 N–H and O–H groups in total. The minimum atomic E-state index is -0.990. The van der Waals surface area contributed by atoms with Crippen molar-refractivity contribution in [1.29, 1.82) is 0 Å². The van der Waals surface area contributed by atoms with Crippen molar-refractivity contribution in [3.63, 3.8) is 0 Å². The molecule has 0 spiro atoms. The van der Waals surface area contributed by atoms with Crippen molar-refractivity contribution in [1.82, 2.24) is 9.55 Å². The standard InChI is InChI=1S/C23H19Cl2N3O6/c24-15-5-1-13(2-6-15)21(29)32-12-17-11-18(34-22(30)14-3-7-16(25)8-4-14)20(33-17)28-10-9-19(26)27-23(28)31/h1-10,17-18,20H,11-12H2,(H2,26,27,31)/t17-,18+,20+/m0/s1. The monoisotopic (exact) mass is 503 g/mol. The molecule has 1 aliphatic rings. The van der Waals surface area contributed by atoms with Gasteiger partial charge in [0.1, 0.15) is 18.5 Å². The van der Waals surface area contributed by atoms with E-state index in [1.165, 1.54) is 29.0 Å². The first kappa shape index (κ1) is 23.7. The molecule has 0 aliphatic carbocycles. The third-order valence-electron chi connectivity index (χ3n) is 5.09. The van der Waals surface area contributed by atoms with Gasteiger partial charge in [-0.1, -0.05) is 23.2 Å². The van der Waals surface area contributed by atoms with Crippen LogP contribution in [-0.2, 0) is 14.2 Å². The van der Waals surface area contributed by atoms with Crippen molar-refractivity contribution in [3.05, 3.63) is 92.5 Å². The Kier molecular flexibility index (Phi) is 7.16. The molecule has 4 rings (SSSR count). The highest BCUT2D eigenvalue weighted by atomic mass is 35.5.